The summed E-state index contributed by atoms with van der Waals surface area (Å²) >= 11 is 0. The van der Waals surface area contributed by atoms with Gasteiger partial charge in [0.1, 0.15) is 5.39 Å². The van der Waals surface area contributed by atoms with Crippen molar-refractivity contribution in [3.8, 4) is 11.9 Å². The van der Waals surface area contributed by atoms with E-state index in [1.165, 1.54) is 7.11 Å². The van der Waals surface area contributed by atoms with Gasteiger partial charge < -0.3 is 9.47 Å². The molecule has 0 spiro atoms. The predicted molar refractivity (Wildman–Crippen MR) is 49.4 cm³/mol. The molecule has 0 atom stereocenters. The number of nitrogens with zero attached hydrogens (tertiary/aromatic N) is 4. The molecule has 14 heavy (non-hydrogen) atoms. The van der Waals surface area contributed by atoms with Gasteiger partial charge in [-0.3, -0.25) is 4.68 Å². The average Bonchev–Trinajstić information content (AvgIpc) is 2.59. The van der Waals surface area contributed by atoms with E-state index in [4.69, 9.17) is 9.47 Å². The van der Waals surface area contributed by atoms with E-state index in [2.05, 4.69) is 15.1 Å². The molecule has 0 aliphatic heterocycles. The third-order valence-electron chi connectivity index (χ3n) is 1.91. The van der Waals surface area contributed by atoms with Crippen molar-refractivity contribution in [1.82, 2.24) is 19.7 Å². The van der Waals surface area contributed by atoms with Gasteiger partial charge in [0.2, 0.25) is 5.88 Å². The molecule has 6 nitrogen and oxygen atoms in total. The van der Waals surface area contributed by atoms with E-state index in [0.29, 0.717) is 11.5 Å². The number of hydrogen-bond donors (Lipinski definition) is 0. The third kappa shape index (κ3) is 1.15. The minimum Gasteiger partial charge on any atom is -0.480 e. The van der Waals surface area contributed by atoms with Crippen LogP contribution in [0.5, 0.6) is 11.9 Å². The maximum Gasteiger partial charge on any atom is 0.321 e. The van der Waals surface area contributed by atoms with Crippen molar-refractivity contribution in [2.24, 2.45) is 7.05 Å². The molecule has 0 N–H and O–H groups in total. The maximum absolute atomic E-state index is 5.10. The Labute approximate surface area is 80.5 Å². The second-order valence-corrected chi connectivity index (χ2v) is 2.73. The lowest BCUT2D eigenvalue weighted by Crippen LogP contribution is -1.98. The number of rotatable bonds is 2. The van der Waals surface area contributed by atoms with Crippen molar-refractivity contribution in [3.05, 3.63) is 6.20 Å². The van der Waals surface area contributed by atoms with E-state index < -0.39 is 0 Å². The lowest BCUT2D eigenvalue weighted by Gasteiger charge is -2.02. The maximum atomic E-state index is 5.10. The van der Waals surface area contributed by atoms with E-state index in [9.17, 15) is 0 Å². The first-order chi connectivity index (χ1) is 6.76. The number of methoxy groups -OCH3 is 2. The molecule has 0 aliphatic carbocycles. The fourth-order valence-corrected chi connectivity index (χ4v) is 1.22. The number of fused-ring (bicyclic) bond motifs is 1. The smallest absolute Gasteiger partial charge is 0.321 e. The summed E-state index contributed by atoms with van der Waals surface area (Å²) in [7, 11) is 4.86. The van der Waals surface area contributed by atoms with Crippen molar-refractivity contribution in [2.75, 3.05) is 14.2 Å². The monoisotopic (exact) mass is 194 g/mol. The minimum atomic E-state index is 0.276. The Balaban J connectivity index is 2.76. The summed E-state index contributed by atoms with van der Waals surface area (Å²) in [4.78, 5) is 8.19. The zero-order valence-corrected chi connectivity index (χ0v) is 8.18. The summed E-state index contributed by atoms with van der Waals surface area (Å²) in [5.74, 6) is 0.472. The third-order valence-corrected chi connectivity index (χ3v) is 1.91. The van der Waals surface area contributed by atoms with E-state index in [-0.39, 0.29) is 6.01 Å². The van der Waals surface area contributed by atoms with Crippen molar-refractivity contribution in [2.45, 2.75) is 0 Å². The highest BCUT2D eigenvalue weighted by Crippen LogP contribution is 2.23. The molecule has 0 fully saturated rings. The van der Waals surface area contributed by atoms with Gasteiger partial charge in [-0.2, -0.15) is 15.1 Å². The zero-order chi connectivity index (χ0) is 10.1. The van der Waals surface area contributed by atoms with Gasteiger partial charge in [0.25, 0.3) is 0 Å². The van der Waals surface area contributed by atoms with Crippen molar-refractivity contribution in [3.63, 3.8) is 0 Å². The van der Waals surface area contributed by atoms with E-state index in [1.54, 1.807) is 25.0 Å². The summed E-state index contributed by atoms with van der Waals surface area (Å²) < 4.78 is 11.7. The van der Waals surface area contributed by atoms with Crippen LogP contribution in [0.2, 0.25) is 0 Å². The van der Waals surface area contributed by atoms with Crippen molar-refractivity contribution < 1.29 is 9.47 Å². The van der Waals surface area contributed by atoms with Gasteiger partial charge in [0, 0.05) is 7.05 Å². The van der Waals surface area contributed by atoms with Gasteiger partial charge in [-0.25, -0.2) is 0 Å². The Morgan fingerprint density at radius 1 is 1.21 bits per heavy atom. The highest BCUT2D eigenvalue weighted by Gasteiger charge is 2.11. The summed E-state index contributed by atoms with van der Waals surface area (Å²) in [6.07, 6.45) is 1.66. The van der Waals surface area contributed by atoms with Crippen LogP contribution in [-0.2, 0) is 7.05 Å². The predicted octanol–water partition coefficient (Wildman–Crippen LogP) is 0.380. The Kier molecular flexibility index (Phi) is 1.95. The van der Waals surface area contributed by atoms with Crippen LogP contribution < -0.4 is 9.47 Å². The molecule has 0 saturated carbocycles. The summed E-state index contributed by atoms with van der Waals surface area (Å²) in [5, 5.41) is 4.83. The number of aromatic nitrogens is 4. The quantitative estimate of drug-likeness (QED) is 0.691. The average molecular weight is 194 g/mol. The molecule has 2 rings (SSSR count). The van der Waals surface area contributed by atoms with Crippen molar-refractivity contribution in [1.29, 1.82) is 0 Å². The van der Waals surface area contributed by atoms with Crippen LogP contribution >= 0.6 is 0 Å². The van der Waals surface area contributed by atoms with Gasteiger partial charge >= 0.3 is 6.01 Å². The Morgan fingerprint density at radius 2 is 2.00 bits per heavy atom. The van der Waals surface area contributed by atoms with Crippen LogP contribution in [0, 0.1) is 0 Å². The van der Waals surface area contributed by atoms with Gasteiger partial charge in [-0.05, 0) is 0 Å². The molecular formula is C8H10N4O2. The highest BCUT2D eigenvalue weighted by molar-refractivity contribution is 5.80. The molecule has 0 aromatic carbocycles. The number of hydrogen-bond acceptors (Lipinski definition) is 5. The molecule has 2 aromatic heterocycles. The number of ether oxygens (including phenoxy) is 2. The van der Waals surface area contributed by atoms with E-state index >= 15 is 0 Å². The summed E-state index contributed by atoms with van der Waals surface area (Å²) in [6, 6.07) is 0.276. The molecule has 0 unspecified atom stereocenters. The first kappa shape index (κ1) is 8.74. The van der Waals surface area contributed by atoms with Gasteiger partial charge in [0.15, 0.2) is 5.65 Å². The lowest BCUT2D eigenvalue weighted by molar-refractivity contribution is 0.356. The molecule has 0 amide bonds. The van der Waals surface area contributed by atoms with Crippen LogP contribution in [-0.4, -0.2) is 34.0 Å². The van der Waals surface area contributed by atoms with Gasteiger partial charge in [0.05, 0.1) is 20.4 Å². The molecule has 0 bridgehead atoms. The second-order valence-electron chi connectivity index (χ2n) is 2.73. The molecule has 6 heteroatoms. The number of aryl methyl sites for hydroxylation is 1. The fraction of sp³-hybridized carbons (Fsp3) is 0.375. The van der Waals surface area contributed by atoms with Crippen molar-refractivity contribution >= 4 is 11.0 Å². The lowest BCUT2D eigenvalue weighted by atomic mass is 10.4. The molecule has 0 saturated heterocycles. The second kappa shape index (κ2) is 3.13. The first-order valence-electron chi connectivity index (χ1n) is 4.04. The Morgan fingerprint density at radius 3 is 2.64 bits per heavy atom. The normalized spacial score (nSPS) is 10.5. The van der Waals surface area contributed by atoms with Crippen LogP contribution in [0.4, 0.5) is 0 Å². The molecule has 0 radical (unpaired) electrons. The standard InChI is InChI=1S/C8H10N4O2/c1-12-6-5(4-9-12)7(13-2)11-8(10-6)14-3/h4H,1-3H3. The summed E-state index contributed by atoms with van der Waals surface area (Å²) in [6.45, 7) is 0. The SMILES string of the molecule is COc1nc(OC)c2cnn(C)c2n1. The van der Waals surface area contributed by atoms with Crippen LogP contribution in [0.25, 0.3) is 11.0 Å². The van der Waals surface area contributed by atoms with Gasteiger partial charge in [-0.15, -0.1) is 0 Å². The zero-order valence-electron chi connectivity index (χ0n) is 8.18. The molecular weight excluding hydrogens is 184 g/mol. The van der Waals surface area contributed by atoms with E-state index in [0.717, 1.165) is 5.39 Å². The largest absolute Gasteiger partial charge is 0.480 e. The topological polar surface area (TPSA) is 62.1 Å². The summed E-state index contributed by atoms with van der Waals surface area (Å²) in [5.41, 5.74) is 0.689. The molecule has 0 aliphatic rings. The van der Waals surface area contributed by atoms with Crippen LogP contribution in [0.1, 0.15) is 0 Å². The molecule has 74 valence electrons. The Bertz CT molecular complexity index is 466. The highest BCUT2D eigenvalue weighted by atomic mass is 16.5. The minimum absolute atomic E-state index is 0.276. The Hall–Kier alpha value is -1.85. The van der Waals surface area contributed by atoms with Gasteiger partial charge in [-0.1, -0.05) is 0 Å². The molecule has 2 aromatic rings. The van der Waals surface area contributed by atoms with Crippen LogP contribution in [0.15, 0.2) is 6.20 Å². The van der Waals surface area contributed by atoms with E-state index in [1.807, 2.05) is 0 Å². The first-order valence-corrected chi connectivity index (χ1v) is 4.04. The fourth-order valence-electron chi connectivity index (χ4n) is 1.22. The molecule has 2 heterocycles. The van der Waals surface area contributed by atoms with Crippen LogP contribution in [0.3, 0.4) is 0 Å².